The second-order valence-electron chi connectivity index (χ2n) is 7.11. The van der Waals surface area contributed by atoms with Crippen LogP contribution in [-0.2, 0) is 9.53 Å². The average Bonchev–Trinajstić information content (AvgIpc) is 3.01. The lowest BCUT2D eigenvalue weighted by molar-refractivity contribution is -0.370. The van der Waals surface area contributed by atoms with E-state index in [1.54, 1.807) is 0 Å². The molecule has 2 rings (SSSR count). The van der Waals surface area contributed by atoms with Gasteiger partial charge in [0.2, 0.25) is 0 Å². The molecule has 2 fully saturated rings. The third-order valence-electron chi connectivity index (χ3n) is 5.36. The van der Waals surface area contributed by atoms with E-state index in [9.17, 15) is 36.2 Å². The summed E-state index contributed by atoms with van der Waals surface area (Å²) in [5.74, 6) is -1.06. The number of alkyl halides is 6. The molecule has 4 unspecified atom stereocenters. The number of rotatable bonds is 5. The molecule has 3 nitrogen and oxygen atoms in total. The first-order valence-electron chi connectivity index (χ1n) is 7.98. The number of ether oxygens (including phenoxy) is 1. The molecule has 0 saturated heterocycles. The standard InChI is InChI=1S/C16H20F6O3/c1-8(2)13(23)25-12-7-10-6-11(12)5-9(10)3-4-14(24,15(17,18)19)16(20,21)22/h9-12,24H,1,3-7H2,2H3. The first kappa shape index (κ1) is 20.1. The minimum atomic E-state index is -5.78. The van der Waals surface area contributed by atoms with Crippen LogP contribution in [0.1, 0.15) is 39.0 Å². The number of carbonyl (C=O) groups is 1. The van der Waals surface area contributed by atoms with Gasteiger partial charge in [-0.2, -0.15) is 26.3 Å². The Balaban J connectivity index is 1.95. The molecule has 9 heteroatoms. The average molecular weight is 374 g/mol. The number of carbonyl (C=O) groups excluding carboxylic acids is 1. The summed E-state index contributed by atoms with van der Waals surface area (Å²) in [4.78, 5) is 11.5. The second-order valence-corrected chi connectivity index (χ2v) is 7.11. The van der Waals surface area contributed by atoms with Gasteiger partial charge in [-0.25, -0.2) is 4.79 Å². The lowest BCUT2D eigenvalue weighted by Gasteiger charge is -2.34. The van der Waals surface area contributed by atoms with E-state index in [0.29, 0.717) is 19.3 Å². The molecule has 0 aromatic rings. The molecule has 0 aliphatic heterocycles. The lowest BCUT2D eigenvalue weighted by Crippen LogP contribution is -2.57. The fourth-order valence-corrected chi connectivity index (χ4v) is 3.92. The Kier molecular flexibility index (Phi) is 5.20. The van der Waals surface area contributed by atoms with Crippen LogP contribution in [0, 0.1) is 17.8 Å². The molecule has 0 radical (unpaired) electrons. The van der Waals surface area contributed by atoms with Gasteiger partial charge in [-0.15, -0.1) is 0 Å². The van der Waals surface area contributed by atoms with Gasteiger partial charge >= 0.3 is 18.3 Å². The molecular formula is C16H20F6O3. The van der Waals surface area contributed by atoms with Crippen LogP contribution in [0.3, 0.4) is 0 Å². The molecule has 25 heavy (non-hydrogen) atoms. The topological polar surface area (TPSA) is 46.5 Å². The third kappa shape index (κ3) is 3.80. The van der Waals surface area contributed by atoms with Crippen molar-refractivity contribution in [3.63, 3.8) is 0 Å². The highest BCUT2D eigenvalue weighted by atomic mass is 19.4. The van der Waals surface area contributed by atoms with Crippen molar-refractivity contribution in [2.45, 2.75) is 63.1 Å². The van der Waals surface area contributed by atoms with Crippen LogP contribution in [0.15, 0.2) is 12.2 Å². The van der Waals surface area contributed by atoms with Crippen LogP contribution < -0.4 is 0 Å². The van der Waals surface area contributed by atoms with E-state index < -0.39 is 30.3 Å². The van der Waals surface area contributed by atoms with E-state index in [-0.39, 0.29) is 35.9 Å². The van der Waals surface area contributed by atoms with Gasteiger partial charge in [0.1, 0.15) is 6.10 Å². The van der Waals surface area contributed by atoms with E-state index in [0.717, 1.165) is 0 Å². The summed E-state index contributed by atoms with van der Waals surface area (Å²) >= 11 is 0. The maximum Gasteiger partial charge on any atom is 0.426 e. The van der Waals surface area contributed by atoms with E-state index in [1.807, 2.05) is 0 Å². The van der Waals surface area contributed by atoms with Crippen molar-refractivity contribution in [3.8, 4) is 0 Å². The van der Waals surface area contributed by atoms with Crippen molar-refractivity contribution in [1.29, 1.82) is 0 Å². The molecule has 144 valence electrons. The third-order valence-corrected chi connectivity index (χ3v) is 5.36. The Hall–Kier alpha value is -1.25. The Bertz CT molecular complexity index is 525. The fraction of sp³-hybridized carbons (Fsp3) is 0.812. The highest BCUT2D eigenvalue weighted by Crippen LogP contribution is 2.53. The molecule has 0 spiro atoms. The summed E-state index contributed by atoms with van der Waals surface area (Å²) < 4.78 is 81.5. The second kappa shape index (κ2) is 6.48. The van der Waals surface area contributed by atoms with E-state index in [1.165, 1.54) is 6.92 Å². The first-order chi connectivity index (χ1) is 11.3. The molecule has 2 aliphatic rings. The Morgan fingerprint density at radius 3 is 2.04 bits per heavy atom. The molecular weight excluding hydrogens is 354 g/mol. The maximum absolute atomic E-state index is 12.7. The minimum Gasteiger partial charge on any atom is -0.459 e. The van der Waals surface area contributed by atoms with Gasteiger partial charge in [0, 0.05) is 5.57 Å². The molecule has 2 bridgehead atoms. The predicted octanol–water partition coefficient (Wildman–Crippen LogP) is 4.16. The summed E-state index contributed by atoms with van der Waals surface area (Å²) in [7, 11) is 0. The SMILES string of the molecule is C=C(C)C(=O)OC1CC2CC1CC2CCC(O)(C(F)(F)F)C(F)(F)F. The van der Waals surface area contributed by atoms with Crippen molar-refractivity contribution in [1.82, 2.24) is 0 Å². The number of fused-ring (bicyclic) bond motifs is 2. The van der Waals surface area contributed by atoms with Crippen LogP contribution in [-0.4, -0.2) is 35.1 Å². The highest BCUT2D eigenvalue weighted by Gasteiger charge is 2.70. The van der Waals surface area contributed by atoms with Crippen LogP contribution in [0.4, 0.5) is 26.3 Å². The van der Waals surface area contributed by atoms with Crippen LogP contribution in [0.2, 0.25) is 0 Å². The van der Waals surface area contributed by atoms with Gasteiger partial charge in [0.15, 0.2) is 0 Å². The van der Waals surface area contributed by atoms with E-state index in [2.05, 4.69) is 6.58 Å². The summed E-state index contributed by atoms with van der Waals surface area (Å²) in [5, 5.41) is 9.22. The molecule has 2 aliphatic carbocycles. The van der Waals surface area contributed by atoms with Gasteiger partial charge in [-0.1, -0.05) is 6.58 Å². The monoisotopic (exact) mass is 374 g/mol. The van der Waals surface area contributed by atoms with Gasteiger partial charge in [-0.05, 0) is 56.8 Å². The first-order valence-corrected chi connectivity index (χ1v) is 7.98. The van der Waals surface area contributed by atoms with Crippen molar-refractivity contribution in [2.75, 3.05) is 0 Å². The number of hydrogen-bond donors (Lipinski definition) is 1. The van der Waals surface area contributed by atoms with Crippen LogP contribution >= 0.6 is 0 Å². The zero-order chi connectivity index (χ0) is 19.2. The summed E-state index contributed by atoms with van der Waals surface area (Å²) in [6.07, 6.45) is -12.3. The Labute approximate surface area is 141 Å². The van der Waals surface area contributed by atoms with Crippen LogP contribution in [0.5, 0.6) is 0 Å². The summed E-state index contributed by atoms with van der Waals surface area (Å²) in [5.41, 5.74) is -4.45. The van der Waals surface area contributed by atoms with Crippen LogP contribution in [0.25, 0.3) is 0 Å². The zero-order valence-electron chi connectivity index (χ0n) is 13.6. The molecule has 1 N–H and O–H groups in total. The molecule has 0 amide bonds. The number of aliphatic hydroxyl groups is 1. The normalized spacial score (nSPS) is 29.8. The van der Waals surface area contributed by atoms with Gasteiger partial charge in [-0.3, -0.25) is 0 Å². The van der Waals surface area contributed by atoms with Gasteiger partial charge < -0.3 is 9.84 Å². The van der Waals surface area contributed by atoms with Crippen molar-refractivity contribution < 1.29 is 41.0 Å². The number of esters is 1. The predicted molar refractivity (Wildman–Crippen MR) is 75.3 cm³/mol. The van der Waals surface area contributed by atoms with Gasteiger partial charge in [0.05, 0.1) is 0 Å². The summed E-state index contributed by atoms with van der Waals surface area (Å²) in [6.45, 7) is 4.95. The smallest absolute Gasteiger partial charge is 0.426 e. The fourth-order valence-electron chi connectivity index (χ4n) is 3.92. The molecule has 0 aromatic heterocycles. The molecule has 0 heterocycles. The van der Waals surface area contributed by atoms with Crippen molar-refractivity contribution >= 4 is 5.97 Å². The molecule has 2 saturated carbocycles. The van der Waals surface area contributed by atoms with E-state index in [4.69, 9.17) is 4.74 Å². The Morgan fingerprint density at radius 2 is 1.64 bits per heavy atom. The molecule has 0 aromatic carbocycles. The summed E-state index contributed by atoms with van der Waals surface area (Å²) in [6, 6.07) is 0. The van der Waals surface area contributed by atoms with Crippen molar-refractivity contribution in [2.24, 2.45) is 17.8 Å². The number of hydrogen-bond acceptors (Lipinski definition) is 3. The van der Waals surface area contributed by atoms with E-state index >= 15 is 0 Å². The zero-order valence-corrected chi connectivity index (χ0v) is 13.6. The largest absolute Gasteiger partial charge is 0.459 e. The maximum atomic E-state index is 12.7. The molecule has 4 atom stereocenters. The Morgan fingerprint density at radius 1 is 1.08 bits per heavy atom. The highest BCUT2D eigenvalue weighted by molar-refractivity contribution is 5.87. The minimum absolute atomic E-state index is 0.0665. The number of halogens is 6. The quantitative estimate of drug-likeness (QED) is 0.447. The van der Waals surface area contributed by atoms with Crippen molar-refractivity contribution in [3.05, 3.63) is 12.2 Å². The van der Waals surface area contributed by atoms with Gasteiger partial charge in [0.25, 0.3) is 5.60 Å². The lowest BCUT2D eigenvalue weighted by atomic mass is 9.81.